The fourth-order valence-electron chi connectivity index (χ4n) is 3.55. The molecule has 1 aliphatic rings. The van der Waals surface area contributed by atoms with E-state index in [4.69, 9.17) is 19.4 Å². The van der Waals surface area contributed by atoms with Gasteiger partial charge < -0.3 is 19.3 Å². The molecule has 7 nitrogen and oxygen atoms in total. The Hall–Kier alpha value is -2.71. The van der Waals surface area contributed by atoms with Crippen molar-refractivity contribution in [3.63, 3.8) is 0 Å². The van der Waals surface area contributed by atoms with Crippen molar-refractivity contribution in [1.82, 2.24) is 9.97 Å². The van der Waals surface area contributed by atoms with Gasteiger partial charge in [0.2, 0.25) is 0 Å². The van der Waals surface area contributed by atoms with Crippen molar-refractivity contribution in [3.8, 4) is 11.4 Å². The molecule has 8 heteroatoms. The normalized spacial score (nSPS) is 14.2. The molecule has 158 valence electrons. The molecule has 0 unspecified atom stereocenters. The smallest absolute Gasteiger partial charge is 0.348 e. The molecule has 3 heterocycles. The van der Waals surface area contributed by atoms with Crippen LogP contribution in [0.5, 0.6) is 0 Å². The lowest BCUT2D eigenvalue weighted by Crippen LogP contribution is -2.37. The quantitative estimate of drug-likeness (QED) is 0.576. The number of hydrogen-bond donors (Lipinski definition) is 0. The maximum Gasteiger partial charge on any atom is 0.348 e. The fourth-order valence-corrected chi connectivity index (χ4v) is 4.62. The van der Waals surface area contributed by atoms with E-state index in [0.717, 1.165) is 45.9 Å². The number of aromatic nitrogens is 2. The van der Waals surface area contributed by atoms with Gasteiger partial charge in [0, 0.05) is 38.4 Å². The zero-order valence-corrected chi connectivity index (χ0v) is 18.6. The van der Waals surface area contributed by atoms with Crippen LogP contribution >= 0.6 is 11.3 Å². The van der Waals surface area contributed by atoms with Gasteiger partial charge >= 0.3 is 5.97 Å². The molecule has 1 aliphatic heterocycles. The van der Waals surface area contributed by atoms with Crippen molar-refractivity contribution in [2.75, 3.05) is 56.8 Å². The molecule has 0 aliphatic carbocycles. The van der Waals surface area contributed by atoms with E-state index in [9.17, 15) is 4.79 Å². The molecule has 0 spiro atoms. The fraction of sp³-hybridized carbons (Fsp3) is 0.409. The van der Waals surface area contributed by atoms with E-state index in [-0.39, 0.29) is 5.97 Å². The highest BCUT2D eigenvalue weighted by atomic mass is 32.1. The molecule has 3 aromatic rings. The monoisotopic (exact) mass is 426 g/mol. The summed E-state index contributed by atoms with van der Waals surface area (Å²) in [6.45, 7) is 6.94. The second kappa shape index (κ2) is 8.57. The van der Waals surface area contributed by atoms with Gasteiger partial charge in [0.1, 0.15) is 15.5 Å². The lowest BCUT2D eigenvalue weighted by molar-refractivity contribution is 0.0531. The van der Waals surface area contributed by atoms with E-state index < -0.39 is 0 Å². The molecule has 1 saturated heterocycles. The van der Waals surface area contributed by atoms with Crippen molar-refractivity contribution in [1.29, 1.82) is 0 Å². The summed E-state index contributed by atoms with van der Waals surface area (Å²) < 4.78 is 10.8. The number of aryl methyl sites for hydroxylation is 1. The molecule has 2 aromatic heterocycles. The van der Waals surface area contributed by atoms with E-state index in [1.807, 2.05) is 40.1 Å². The second-order valence-electron chi connectivity index (χ2n) is 7.37. The first-order chi connectivity index (χ1) is 14.5. The van der Waals surface area contributed by atoms with Crippen LogP contribution in [0.1, 0.15) is 22.2 Å². The summed E-state index contributed by atoms with van der Waals surface area (Å²) in [5.41, 5.74) is 2.94. The van der Waals surface area contributed by atoms with E-state index in [1.165, 1.54) is 11.3 Å². The lowest BCUT2D eigenvalue weighted by atomic mass is 10.1. The van der Waals surface area contributed by atoms with Crippen molar-refractivity contribution in [3.05, 3.63) is 34.7 Å². The molecule has 0 saturated carbocycles. The first-order valence-corrected chi connectivity index (χ1v) is 10.9. The summed E-state index contributed by atoms with van der Waals surface area (Å²) >= 11 is 1.38. The SMILES string of the molecule is CCOC(=O)c1sc2nc(-c3ccc(N(C)C)cc3)nc(N3CCOCC3)c2c1C. The van der Waals surface area contributed by atoms with Gasteiger partial charge in [-0.3, -0.25) is 0 Å². The molecular weight excluding hydrogens is 400 g/mol. The standard InChI is InChI=1S/C22H26N4O3S/c1-5-29-22(27)18-14(2)17-20(26-10-12-28-13-11-26)23-19(24-21(17)30-18)15-6-8-16(9-7-15)25(3)4/h6-9H,5,10-13H2,1-4H3. The minimum absolute atomic E-state index is 0.303. The van der Waals surface area contributed by atoms with Crippen LogP contribution in [0.2, 0.25) is 0 Å². The highest BCUT2D eigenvalue weighted by Gasteiger charge is 2.25. The van der Waals surface area contributed by atoms with Gasteiger partial charge in [-0.2, -0.15) is 0 Å². The Morgan fingerprint density at radius 2 is 1.90 bits per heavy atom. The number of nitrogens with zero attached hydrogens (tertiary/aromatic N) is 4. The Morgan fingerprint density at radius 1 is 1.20 bits per heavy atom. The van der Waals surface area contributed by atoms with Crippen LogP contribution in [0, 0.1) is 6.92 Å². The molecular formula is C22H26N4O3S. The number of esters is 1. The summed E-state index contributed by atoms with van der Waals surface area (Å²) in [5, 5.41) is 0.929. The summed E-state index contributed by atoms with van der Waals surface area (Å²) in [5.74, 6) is 1.22. The Balaban J connectivity index is 1.86. The number of fused-ring (bicyclic) bond motifs is 1. The number of thiophene rings is 1. The third-order valence-electron chi connectivity index (χ3n) is 5.18. The van der Waals surface area contributed by atoms with Gasteiger partial charge in [-0.25, -0.2) is 14.8 Å². The number of morpholine rings is 1. The number of rotatable bonds is 5. The number of carbonyl (C=O) groups is 1. The first kappa shape index (κ1) is 20.6. The predicted molar refractivity (Wildman–Crippen MR) is 121 cm³/mol. The van der Waals surface area contributed by atoms with Crippen molar-refractivity contribution in [2.45, 2.75) is 13.8 Å². The number of benzene rings is 1. The number of ether oxygens (including phenoxy) is 2. The molecule has 0 N–H and O–H groups in total. The second-order valence-corrected chi connectivity index (χ2v) is 8.37. The molecule has 0 bridgehead atoms. The largest absolute Gasteiger partial charge is 0.462 e. The van der Waals surface area contributed by atoms with Gasteiger partial charge in [0.15, 0.2) is 5.82 Å². The van der Waals surface area contributed by atoms with Crippen LogP contribution in [0.3, 0.4) is 0 Å². The van der Waals surface area contributed by atoms with Gasteiger partial charge in [-0.15, -0.1) is 11.3 Å². The highest BCUT2D eigenvalue weighted by Crippen LogP contribution is 2.37. The molecule has 30 heavy (non-hydrogen) atoms. The molecule has 0 radical (unpaired) electrons. The van der Waals surface area contributed by atoms with E-state index in [1.54, 1.807) is 0 Å². The van der Waals surface area contributed by atoms with Crippen LogP contribution in [0.15, 0.2) is 24.3 Å². The minimum atomic E-state index is -0.303. The molecule has 0 atom stereocenters. The molecule has 1 fully saturated rings. The van der Waals surface area contributed by atoms with Gasteiger partial charge in [0.05, 0.1) is 25.2 Å². The maximum atomic E-state index is 12.5. The van der Waals surface area contributed by atoms with Crippen molar-refractivity contribution >= 4 is 39.0 Å². The van der Waals surface area contributed by atoms with Crippen LogP contribution in [-0.2, 0) is 9.47 Å². The topological polar surface area (TPSA) is 67.8 Å². The average Bonchev–Trinajstić information content (AvgIpc) is 3.10. The molecule has 4 rings (SSSR count). The average molecular weight is 427 g/mol. The van der Waals surface area contributed by atoms with Crippen LogP contribution in [-0.4, -0.2) is 62.9 Å². The van der Waals surface area contributed by atoms with E-state index >= 15 is 0 Å². The molecule has 1 aromatic carbocycles. The first-order valence-electron chi connectivity index (χ1n) is 10.1. The number of hydrogen-bond acceptors (Lipinski definition) is 8. The van der Waals surface area contributed by atoms with Crippen LogP contribution < -0.4 is 9.80 Å². The third-order valence-corrected chi connectivity index (χ3v) is 6.35. The van der Waals surface area contributed by atoms with Crippen LogP contribution in [0.25, 0.3) is 21.6 Å². The summed E-state index contributed by atoms with van der Waals surface area (Å²) in [7, 11) is 4.03. The van der Waals surface area contributed by atoms with E-state index in [2.05, 4.69) is 21.9 Å². The number of carbonyl (C=O) groups excluding carboxylic acids is 1. The third kappa shape index (κ3) is 3.85. The Labute approximate surface area is 180 Å². The minimum Gasteiger partial charge on any atom is -0.462 e. The highest BCUT2D eigenvalue weighted by molar-refractivity contribution is 7.20. The Bertz CT molecular complexity index is 1060. The summed E-state index contributed by atoms with van der Waals surface area (Å²) in [4.78, 5) is 27.9. The maximum absolute atomic E-state index is 12.5. The van der Waals surface area contributed by atoms with E-state index in [0.29, 0.717) is 30.5 Å². The predicted octanol–water partition coefficient (Wildman–Crippen LogP) is 3.75. The Kier molecular flexibility index (Phi) is 5.87. The van der Waals surface area contributed by atoms with Gasteiger partial charge in [-0.1, -0.05) is 0 Å². The zero-order valence-electron chi connectivity index (χ0n) is 17.8. The zero-order chi connectivity index (χ0) is 21.3. The Morgan fingerprint density at radius 3 is 2.53 bits per heavy atom. The summed E-state index contributed by atoms with van der Waals surface area (Å²) in [6.07, 6.45) is 0. The van der Waals surface area contributed by atoms with Crippen LogP contribution in [0.4, 0.5) is 11.5 Å². The van der Waals surface area contributed by atoms with Crippen molar-refractivity contribution in [2.24, 2.45) is 0 Å². The summed E-state index contributed by atoms with van der Waals surface area (Å²) in [6, 6.07) is 8.18. The van der Waals surface area contributed by atoms with Gasteiger partial charge in [0.25, 0.3) is 0 Å². The number of anilines is 2. The molecule has 0 amide bonds. The van der Waals surface area contributed by atoms with Gasteiger partial charge in [-0.05, 0) is 43.7 Å². The lowest BCUT2D eigenvalue weighted by Gasteiger charge is -2.28. The van der Waals surface area contributed by atoms with Crippen molar-refractivity contribution < 1.29 is 14.3 Å².